The van der Waals surface area contributed by atoms with Crippen molar-refractivity contribution in [3.63, 3.8) is 0 Å². The summed E-state index contributed by atoms with van der Waals surface area (Å²) in [7, 11) is 0. The zero-order valence-electron chi connectivity index (χ0n) is 13.7. The number of aryl methyl sites for hydroxylation is 2. The number of pyridine rings is 1. The molecule has 4 rings (SSSR count). The zero-order valence-corrected chi connectivity index (χ0v) is 14.5. The van der Waals surface area contributed by atoms with Gasteiger partial charge < -0.3 is 5.11 Å². The van der Waals surface area contributed by atoms with E-state index in [0.717, 1.165) is 24.8 Å². The summed E-state index contributed by atoms with van der Waals surface area (Å²) >= 11 is 1.55. The van der Waals surface area contributed by atoms with Crippen LogP contribution in [0.4, 0.5) is 0 Å². The van der Waals surface area contributed by atoms with E-state index in [-0.39, 0.29) is 5.56 Å². The molecule has 0 bridgehead atoms. The zero-order chi connectivity index (χ0) is 17.6. The van der Waals surface area contributed by atoms with Crippen LogP contribution < -0.4 is 5.56 Å². The molecule has 0 fully saturated rings. The fraction of sp³-hybridized carbons (Fsp3) is 0.333. The van der Waals surface area contributed by atoms with Gasteiger partial charge in [0, 0.05) is 22.8 Å². The minimum absolute atomic E-state index is 0.252. The number of aliphatic carboxylic acids is 1. The van der Waals surface area contributed by atoms with Gasteiger partial charge in [0.25, 0.3) is 5.56 Å². The summed E-state index contributed by atoms with van der Waals surface area (Å²) in [5, 5.41) is 10.2. The fourth-order valence-electron chi connectivity index (χ4n) is 3.51. The largest absolute Gasteiger partial charge is 0.480 e. The molecule has 0 saturated carbocycles. The SMILES string of the molecule is CCC(C(=O)O)n1c(-c2cccnc2)nc2sc3c(c2c1=O)CCC3. The second-order valence-electron chi connectivity index (χ2n) is 6.15. The topological polar surface area (TPSA) is 85.1 Å². The van der Waals surface area contributed by atoms with Gasteiger partial charge in [-0.1, -0.05) is 6.92 Å². The molecule has 25 heavy (non-hydrogen) atoms. The molecule has 0 amide bonds. The molecule has 1 N–H and O–H groups in total. The van der Waals surface area contributed by atoms with Crippen molar-refractivity contribution in [1.29, 1.82) is 0 Å². The van der Waals surface area contributed by atoms with Crippen molar-refractivity contribution < 1.29 is 9.90 Å². The lowest BCUT2D eigenvalue weighted by molar-refractivity contribution is -0.141. The number of carboxylic acids is 1. The van der Waals surface area contributed by atoms with Crippen LogP contribution in [0.2, 0.25) is 0 Å². The highest BCUT2D eigenvalue weighted by Gasteiger charge is 2.28. The van der Waals surface area contributed by atoms with Gasteiger partial charge in [-0.2, -0.15) is 0 Å². The van der Waals surface area contributed by atoms with Crippen LogP contribution in [-0.4, -0.2) is 25.6 Å². The first-order valence-corrected chi connectivity index (χ1v) is 9.13. The Bertz CT molecular complexity index is 1020. The molecular formula is C18H17N3O3S. The van der Waals surface area contributed by atoms with E-state index >= 15 is 0 Å². The maximum absolute atomic E-state index is 13.3. The molecule has 3 aromatic heterocycles. The lowest BCUT2D eigenvalue weighted by Gasteiger charge is -2.18. The van der Waals surface area contributed by atoms with Crippen LogP contribution in [0.3, 0.4) is 0 Å². The third kappa shape index (κ3) is 2.46. The lowest BCUT2D eigenvalue weighted by atomic mass is 10.1. The van der Waals surface area contributed by atoms with Gasteiger partial charge in [-0.3, -0.25) is 14.3 Å². The Morgan fingerprint density at radius 2 is 2.28 bits per heavy atom. The van der Waals surface area contributed by atoms with E-state index in [1.54, 1.807) is 42.8 Å². The summed E-state index contributed by atoms with van der Waals surface area (Å²) in [6, 6.07) is 2.61. The molecule has 1 unspecified atom stereocenters. The Morgan fingerprint density at radius 3 is 2.96 bits per heavy atom. The second kappa shape index (κ2) is 6.07. The Morgan fingerprint density at radius 1 is 1.44 bits per heavy atom. The van der Waals surface area contributed by atoms with E-state index in [4.69, 9.17) is 4.98 Å². The molecule has 1 aliphatic rings. The van der Waals surface area contributed by atoms with Gasteiger partial charge in [0.1, 0.15) is 16.7 Å². The monoisotopic (exact) mass is 355 g/mol. The highest BCUT2D eigenvalue weighted by atomic mass is 32.1. The minimum atomic E-state index is -1.03. The predicted molar refractivity (Wildman–Crippen MR) is 96.1 cm³/mol. The molecule has 6 nitrogen and oxygen atoms in total. The Kier molecular flexibility index (Phi) is 3.88. The van der Waals surface area contributed by atoms with Crippen LogP contribution in [0.5, 0.6) is 0 Å². The summed E-state index contributed by atoms with van der Waals surface area (Å²) in [5.41, 5.74) is 1.46. The maximum atomic E-state index is 13.3. The minimum Gasteiger partial charge on any atom is -0.480 e. The number of rotatable bonds is 4. The first kappa shape index (κ1) is 16.0. The molecule has 0 spiro atoms. The molecule has 128 valence electrons. The molecule has 0 aliphatic heterocycles. The van der Waals surface area contributed by atoms with E-state index in [0.29, 0.717) is 28.0 Å². The lowest BCUT2D eigenvalue weighted by Crippen LogP contribution is -2.32. The van der Waals surface area contributed by atoms with Crippen LogP contribution in [0.15, 0.2) is 29.3 Å². The van der Waals surface area contributed by atoms with Crippen molar-refractivity contribution in [3.05, 3.63) is 45.3 Å². The van der Waals surface area contributed by atoms with E-state index in [9.17, 15) is 14.7 Å². The number of carboxylic acid groups (broad SMARTS) is 1. The third-order valence-electron chi connectivity index (χ3n) is 4.67. The van der Waals surface area contributed by atoms with Gasteiger partial charge >= 0.3 is 5.97 Å². The average molecular weight is 355 g/mol. The molecule has 0 aromatic carbocycles. The molecule has 3 aromatic rings. The highest BCUT2D eigenvalue weighted by Crippen LogP contribution is 2.36. The molecule has 1 atom stereocenters. The van der Waals surface area contributed by atoms with Crippen LogP contribution in [0.25, 0.3) is 21.6 Å². The first-order valence-electron chi connectivity index (χ1n) is 8.31. The predicted octanol–water partition coefficient (Wildman–Crippen LogP) is 3.04. The third-order valence-corrected chi connectivity index (χ3v) is 5.86. The number of hydrogen-bond donors (Lipinski definition) is 1. The van der Waals surface area contributed by atoms with Crippen molar-refractivity contribution >= 4 is 27.5 Å². The van der Waals surface area contributed by atoms with Gasteiger partial charge in [-0.15, -0.1) is 11.3 Å². The van der Waals surface area contributed by atoms with Crippen molar-refractivity contribution in [2.75, 3.05) is 0 Å². The summed E-state index contributed by atoms with van der Waals surface area (Å²) in [6.45, 7) is 1.76. The smallest absolute Gasteiger partial charge is 0.326 e. The Balaban J connectivity index is 2.09. The van der Waals surface area contributed by atoms with Crippen molar-refractivity contribution in [2.45, 2.75) is 38.6 Å². The standard InChI is InChI=1S/C18H17N3O3S/c1-2-12(18(23)24)21-15(10-5-4-8-19-9-10)20-16-14(17(21)22)11-6-3-7-13(11)25-16/h4-5,8-9,12H,2-3,6-7H2,1H3,(H,23,24). The van der Waals surface area contributed by atoms with Crippen molar-refractivity contribution in [2.24, 2.45) is 0 Å². The first-order chi connectivity index (χ1) is 12.1. The number of aromatic nitrogens is 3. The molecule has 7 heteroatoms. The number of fused-ring (bicyclic) bond motifs is 3. The maximum Gasteiger partial charge on any atom is 0.326 e. The number of hydrogen-bond acceptors (Lipinski definition) is 5. The van der Waals surface area contributed by atoms with E-state index in [2.05, 4.69) is 4.98 Å². The molecular weight excluding hydrogens is 338 g/mol. The van der Waals surface area contributed by atoms with E-state index in [1.165, 1.54) is 9.44 Å². The van der Waals surface area contributed by atoms with Crippen LogP contribution >= 0.6 is 11.3 Å². The number of carbonyl (C=O) groups is 1. The summed E-state index contributed by atoms with van der Waals surface area (Å²) in [5.74, 6) is -0.650. The van der Waals surface area contributed by atoms with Gasteiger partial charge in [0.05, 0.1) is 5.39 Å². The van der Waals surface area contributed by atoms with Gasteiger partial charge in [0.15, 0.2) is 0 Å². The second-order valence-corrected chi connectivity index (χ2v) is 7.24. The number of nitrogens with zero attached hydrogens (tertiary/aromatic N) is 3. The Hall–Kier alpha value is -2.54. The van der Waals surface area contributed by atoms with Crippen LogP contribution in [-0.2, 0) is 17.6 Å². The molecule has 0 radical (unpaired) electrons. The van der Waals surface area contributed by atoms with Gasteiger partial charge in [-0.05, 0) is 43.4 Å². The van der Waals surface area contributed by atoms with E-state index < -0.39 is 12.0 Å². The average Bonchev–Trinajstić information content (AvgIpc) is 3.18. The quantitative estimate of drug-likeness (QED) is 0.777. The molecule has 0 saturated heterocycles. The molecule has 3 heterocycles. The van der Waals surface area contributed by atoms with Gasteiger partial charge in [-0.25, -0.2) is 9.78 Å². The van der Waals surface area contributed by atoms with Gasteiger partial charge in [0.2, 0.25) is 0 Å². The summed E-state index contributed by atoms with van der Waals surface area (Å²) < 4.78 is 1.34. The number of thiophene rings is 1. The van der Waals surface area contributed by atoms with Crippen LogP contribution in [0.1, 0.15) is 36.2 Å². The summed E-state index contributed by atoms with van der Waals surface area (Å²) in [6.07, 6.45) is 6.42. The fourth-order valence-corrected chi connectivity index (χ4v) is 4.76. The van der Waals surface area contributed by atoms with E-state index in [1.807, 2.05) is 0 Å². The Labute approximate surface area is 147 Å². The molecule has 1 aliphatic carbocycles. The van der Waals surface area contributed by atoms with Crippen LogP contribution in [0, 0.1) is 0 Å². The highest BCUT2D eigenvalue weighted by molar-refractivity contribution is 7.18. The summed E-state index contributed by atoms with van der Waals surface area (Å²) in [4.78, 5) is 35.8. The normalized spacial score (nSPS) is 14.6. The van der Waals surface area contributed by atoms with Crippen molar-refractivity contribution in [1.82, 2.24) is 14.5 Å². The van der Waals surface area contributed by atoms with Crippen molar-refractivity contribution in [3.8, 4) is 11.4 Å².